The van der Waals surface area contributed by atoms with E-state index in [4.69, 9.17) is 5.73 Å². The molecule has 1 saturated carbocycles. The number of carbonyl (C=O) groups excluding carboxylic acids is 2. The summed E-state index contributed by atoms with van der Waals surface area (Å²) < 4.78 is 0. The minimum atomic E-state index is -0.247. The lowest BCUT2D eigenvalue weighted by Gasteiger charge is -2.20. The molecular formula is C19H26N6O2. The van der Waals surface area contributed by atoms with Crippen LogP contribution in [0.3, 0.4) is 0 Å². The smallest absolute Gasteiger partial charge is 0.243 e. The number of nitrogens with two attached hydrogens (primary N) is 1. The van der Waals surface area contributed by atoms with Crippen LogP contribution >= 0.6 is 0 Å². The van der Waals surface area contributed by atoms with Crippen LogP contribution in [0.2, 0.25) is 0 Å². The van der Waals surface area contributed by atoms with Crippen LogP contribution in [0.5, 0.6) is 0 Å². The van der Waals surface area contributed by atoms with Gasteiger partial charge < -0.3 is 16.4 Å². The van der Waals surface area contributed by atoms with Gasteiger partial charge >= 0.3 is 0 Å². The summed E-state index contributed by atoms with van der Waals surface area (Å²) >= 11 is 0. The summed E-state index contributed by atoms with van der Waals surface area (Å²) in [5.41, 5.74) is 6.99. The average molecular weight is 370 g/mol. The van der Waals surface area contributed by atoms with E-state index in [0.29, 0.717) is 36.2 Å². The third kappa shape index (κ3) is 5.62. The number of nitrogens with zero attached hydrogens (tertiary/aromatic N) is 2. The minimum Gasteiger partial charge on any atom is -0.347 e. The number of aromatic nitrogens is 3. The van der Waals surface area contributed by atoms with Crippen LogP contribution in [0.25, 0.3) is 11.4 Å². The standard InChI is InChI=1S/C19H26N6O2/c20-11-16-23-19(25-24-16)14-6-8-15(9-7-14)22-18(27)12-21-17(26)10-13-4-2-1-3-5-13/h6-9,13H,1-5,10-12,20H2,(H,21,26)(H,22,27)(H,23,24,25). The van der Waals surface area contributed by atoms with Crippen molar-refractivity contribution in [3.05, 3.63) is 30.1 Å². The number of H-pyrrole nitrogens is 1. The number of hydrogen-bond acceptors (Lipinski definition) is 5. The van der Waals surface area contributed by atoms with Gasteiger partial charge in [-0.1, -0.05) is 19.3 Å². The molecule has 8 nitrogen and oxygen atoms in total. The lowest BCUT2D eigenvalue weighted by atomic mass is 9.87. The van der Waals surface area contributed by atoms with Crippen molar-refractivity contribution in [3.8, 4) is 11.4 Å². The van der Waals surface area contributed by atoms with Crippen molar-refractivity contribution >= 4 is 17.5 Å². The zero-order valence-corrected chi connectivity index (χ0v) is 15.3. The minimum absolute atomic E-state index is 0.0198. The lowest BCUT2D eigenvalue weighted by molar-refractivity contribution is -0.125. The van der Waals surface area contributed by atoms with Crippen molar-refractivity contribution < 1.29 is 9.59 Å². The van der Waals surface area contributed by atoms with Crippen LogP contribution in [0, 0.1) is 5.92 Å². The molecule has 144 valence electrons. The largest absolute Gasteiger partial charge is 0.347 e. The highest BCUT2D eigenvalue weighted by molar-refractivity contribution is 5.94. The fourth-order valence-electron chi connectivity index (χ4n) is 3.33. The van der Waals surface area contributed by atoms with Gasteiger partial charge in [-0.2, -0.15) is 5.10 Å². The Morgan fingerprint density at radius 3 is 2.52 bits per heavy atom. The molecule has 5 N–H and O–H groups in total. The third-order valence-electron chi connectivity index (χ3n) is 4.80. The van der Waals surface area contributed by atoms with Crippen LogP contribution in [0.15, 0.2) is 24.3 Å². The molecule has 2 amide bonds. The van der Waals surface area contributed by atoms with Crippen molar-refractivity contribution in [2.75, 3.05) is 11.9 Å². The van der Waals surface area contributed by atoms with E-state index in [0.717, 1.165) is 18.4 Å². The molecule has 3 rings (SSSR count). The Labute approximate surface area is 158 Å². The molecule has 0 saturated heterocycles. The molecule has 1 fully saturated rings. The monoisotopic (exact) mass is 370 g/mol. The fourth-order valence-corrected chi connectivity index (χ4v) is 3.33. The summed E-state index contributed by atoms with van der Waals surface area (Å²) in [5.74, 6) is 1.34. The maximum Gasteiger partial charge on any atom is 0.243 e. The van der Waals surface area contributed by atoms with E-state index in [-0.39, 0.29) is 18.4 Å². The van der Waals surface area contributed by atoms with Gasteiger partial charge in [0, 0.05) is 17.7 Å². The van der Waals surface area contributed by atoms with E-state index in [1.165, 1.54) is 19.3 Å². The van der Waals surface area contributed by atoms with Gasteiger partial charge in [0.25, 0.3) is 0 Å². The van der Waals surface area contributed by atoms with E-state index in [9.17, 15) is 9.59 Å². The first-order chi connectivity index (χ1) is 13.1. The first-order valence-corrected chi connectivity index (χ1v) is 9.42. The van der Waals surface area contributed by atoms with Gasteiger partial charge in [-0.25, -0.2) is 4.98 Å². The number of aromatic amines is 1. The number of nitrogens with one attached hydrogen (secondary N) is 3. The van der Waals surface area contributed by atoms with Gasteiger partial charge in [0.1, 0.15) is 5.82 Å². The Morgan fingerprint density at radius 1 is 1.11 bits per heavy atom. The molecule has 27 heavy (non-hydrogen) atoms. The Morgan fingerprint density at radius 2 is 1.85 bits per heavy atom. The predicted molar refractivity (Wildman–Crippen MR) is 103 cm³/mol. The maximum absolute atomic E-state index is 12.0. The fraction of sp³-hybridized carbons (Fsp3) is 0.474. The van der Waals surface area contributed by atoms with Gasteiger partial charge in [0.05, 0.1) is 13.1 Å². The first kappa shape index (κ1) is 19.0. The van der Waals surface area contributed by atoms with Crippen LogP contribution < -0.4 is 16.4 Å². The summed E-state index contributed by atoms with van der Waals surface area (Å²) in [4.78, 5) is 28.3. The summed E-state index contributed by atoms with van der Waals surface area (Å²) in [5, 5.41) is 12.3. The summed E-state index contributed by atoms with van der Waals surface area (Å²) in [6.07, 6.45) is 6.42. The van der Waals surface area contributed by atoms with Crippen LogP contribution in [0.1, 0.15) is 44.3 Å². The summed E-state index contributed by atoms with van der Waals surface area (Å²) in [7, 11) is 0. The van der Waals surface area contributed by atoms with Crippen LogP contribution in [-0.4, -0.2) is 33.5 Å². The first-order valence-electron chi connectivity index (χ1n) is 9.42. The van der Waals surface area contributed by atoms with Gasteiger partial charge in [0.15, 0.2) is 5.82 Å². The summed E-state index contributed by atoms with van der Waals surface area (Å²) in [6, 6.07) is 7.19. The third-order valence-corrected chi connectivity index (χ3v) is 4.80. The number of rotatable bonds is 7. The maximum atomic E-state index is 12.0. The molecule has 1 aliphatic rings. The zero-order chi connectivity index (χ0) is 19.1. The normalized spacial score (nSPS) is 14.7. The SMILES string of the molecule is NCc1nc(-c2ccc(NC(=O)CNC(=O)CC3CCCCC3)cc2)n[nH]1. The van der Waals surface area contributed by atoms with Crippen molar-refractivity contribution in [2.24, 2.45) is 11.7 Å². The number of benzene rings is 1. The van der Waals surface area contributed by atoms with E-state index in [1.54, 1.807) is 12.1 Å². The molecule has 0 bridgehead atoms. The van der Waals surface area contributed by atoms with E-state index >= 15 is 0 Å². The van der Waals surface area contributed by atoms with Gasteiger partial charge in [0.2, 0.25) is 11.8 Å². The highest BCUT2D eigenvalue weighted by atomic mass is 16.2. The van der Waals surface area contributed by atoms with E-state index in [1.807, 2.05) is 12.1 Å². The Kier molecular flexibility index (Phi) is 6.54. The van der Waals surface area contributed by atoms with Crippen molar-refractivity contribution in [1.82, 2.24) is 20.5 Å². The molecule has 0 unspecified atom stereocenters. The van der Waals surface area contributed by atoms with Gasteiger partial charge in [-0.3, -0.25) is 14.7 Å². The summed E-state index contributed by atoms with van der Waals surface area (Å²) in [6.45, 7) is 0.279. The molecule has 1 heterocycles. The lowest BCUT2D eigenvalue weighted by Crippen LogP contribution is -2.34. The van der Waals surface area contributed by atoms with Crippen LogP contribution in [-0.2, 0) is 16.1 Å². The van der Waals surface area contributed by atoms with Crippen molar-refractivity contribution in [3.63, 3.8) is 0 Å². The topological polar surface area (TPSA) is 126 Å². The molecular weight excluding hydrogens is 344 g/mol. The second-order valence-corrected chi connectivity index (χ2v) is 6.92. The quantitative estimate of drug-likeness (QED) is 0.593. The van der Waals surface area contributed by atoms with E-state index in [2.05, 4.69) is 25.8 Å². The number of carbonyl (C=O) groups is 2. The predicted octanol–water partition coefficient (Wildman–Crippen LogP) is 1.96. The molecule has 0 radical (unpaired) electrons. The molecule has 0 aliphatic heterocycles. The Balaban J connectivity index is 1.44. The molecule has 8 heteroatoms. The molecule has 2 aromatic rings. The van der Waals surface area contributed by atoms with Gasteiger partial charge in [-0.05, 0) is 43.0 Å². The van der Waals surface area contributed by atoms with Crippen molar-refractivity contribution in [1.29, 1.82) is 0 Å². The Bertz CT molecular complexity index is 765. The van der Waals surface area contributed by atoms with Gasteiger partial charge in [-0.15, -0.1) is 0 Å². The van der Waals surface area contributed by atoms with E-state index < -0.39 is 0 Å². The molecule has 1 aromatic heterocycles. The second-order valence-electron chi connectivity index (χ2n) is 6.92. The number of anilines is 1. The average Bonchev–Trinajstić information content (AvgIpc) is 3.17. The number of amides is 2. The molecule has 0 spiro atoms. The molecule has 1 aromatic carbocycles. The Hall–Kier alpha value is -2.74. The molecule has 1 aliphatic carbocycles. The second kappa shape index (κ2) is 9.27. The number of hydrogen-bond donors (Lipinski definition) is 4. The highest BCUT2D eigenvalue weighted by Crippen LogP contribution is 2.26. The van der Waals surface area contributed by atoms with Crippen molar-refractivity contribution in [2.45, 2.75) is 45.1 Å². The zero-order valence-electron chi connectivity index (χ0n) is 15.3. The molecule has 0 atom stereocenters. The highest BCUT2D eigenvalue weighted by Gasteiger charge is 2.17. The van der Waals surface area contributed by atoms with Crippen LogP contribution in [0.4, 0.5) is 5.69 Å².